The second-order valence-electron chi connectivity index (χ2n) is 7.61. The van der Waals surface area contributed by atoms with Crippen molar-refractivity contribution in [2.45, 2.75) is 39.4 Å². The van der Waals surface area contributed by atoms with Gasteiger partial charge in [-0.1, -0.05) is 32.0 Å². The molecule has 3 rings (SSSR count). The summed E-state index contributed by atoms with van der Waals surface area (Å²) in [7, 11) is -2.96. The highest BCUT2D eigenvalue weighted by molar-refractivity contribution is 7.91. The Kier molecular flexibility index (Phi) is 5.71. The van der Waals surface area contributed by atoms with Gasteiger partial charge in [-0.25, -0.2) is 8.42 Å². The van der Waals surface area contributed by atoms with E-state index >= 15 is 0 Å². The molecule has 1 aromatic rings. The summed E-state index contributed by atoms with van der Waals surface area (Å²) in [5.74, 6) is 2.04. The molecule has 1 aromatic carbocycles. The van der Waals surface area contributed by atoms with E-state index in [1.54, 1.807) is 0 Å². The third-order valence-electron chi connectivity index (χ3n) is 5.15. The van der Waals surface area contributed by atoms with Gasteiger partial charge in [0.05, 0.1) is 18.1 Å². The quantitative estimate of drug-likeness (QED) is 0.771. The number of benzene rings is 1. The molecule has 0 bridgehead atoms. The summed E-state index contributed by atoms with van der Waals surface area (Å²) in [6, 6.07) is 8.31. The fourth-order valence-corrected chi connectivity index (χ4v) is 6.18. The largest absolute Gasteiger partial charge is 0.494 e. The minimum absolute atomic E-state index is 0.0900. The Morgan fingerprint density at radius 2 is 1.76 bits per heavy atom. The van der Waals surface area contributed by atoms with Crippen molar-refractivity contribution in [2.75, 3.05) is 37.7 Å². The summed E-state index contributed by atoms with van der Waals surface area (Å²) < 4.78 is 30.4. The molecule has 5 nitrogen and oxygen atoms in total. The number of sulfone groups is 1. The first-order valence-corrected chi connectivity index (χ1v) is 11.1. The standard InChI is InChI=1S/C19H30N2O3S/c1-4-24-19-8-6-5-7-16(19)12-21-10-9-20(11-15(2)3)17-13-25(22,23)14-18(17)21/h5-8,15,17-18H,4,9-14H2,1-3H3/t17-,18+/m1/s1. The van der Waals surface area contributed by atoms with Crippen molar-refractivity contribution in [1.82, 2.24) is 9.80 Å². The van der Waals surface area contributed by atoms with Crippen molar-refractivity contribution in [3.05, 3.63) is 29.8 Å². The second-order valence-corrected chi connectivity index (χ2v) is 9.77. The molecule has 2 fully saturated rings. The Morgan fingerprint density at radius 3 is 2.44 bits per heavy atom. The van der Waals surface area contributed by atoms with Crippen LogP contribution in [0.3, 0.4) is 0 Å². The van der Waals surface area contributed by atoms with Gasteiger partial charge in [-0.15, -0.1) is 0 Å². The Hall–Kier alpha value is -1.11. The van der Waals surface area contributed by atoms with Gasteiger partial charge in [-0.3, -0.25) is 9.80 Å². The number of hydrogen-bond donors (Lipinski definition) is 0. The van der Waals surface area contributed by atoms with Crippen molar-refractivity contribution in [3.63, 3.8) is 0 Å². The van der Waals surface area contributed by atoms with E-state index in [1.807, 2.05) is 25.1 Å². The van der Waals surface area contributed by atoms with E-state index in [1.165, 1.54) is 0 Å². The predicted molar refractivity (Wildman–Crippen MR) is 101 cm³/mol. The van der Waals surface area contributed by atoms with Crippen molar-refractivity contribution in [2.24, 2.45) is 5.92 Å². The summed E-state index contributed by atoms with van der Waals surface area (Å²) in [4.78, 5) is 4.74. The van der Waals surface area contributed by atoms with Gasteiger partial charge in [0.15, 0.2) is 9.84 Å². The molecule has 2 heterocycles. The second kappa shape index (κ2) is 7.64. The molecule has 6 heteroatoms. The summed E-state index contributed by atoms with van der Waals surface area (Å²) in [5, 5.41) is 0. The monoisotopic (exact) mass is 366 g/mol. The van der Waals surface area contributed by atoms with E-state index in [-0.39, 0.29) is 17.8 Å². The first kappa shape index (κ1) is 18.7. The summed E-state index contributed by atoms with van der Waals surface area (Å²) >= 11 is 0. The average Bonchev–Trinajstić information content (AvgIpc) is 2.87. The van der Waals surface area contributed by atoms with E-state index in [0.717, 1.165) is 37.5 Å². The molecule has 2 aliphatic rings. The van der Waals surface area contributed by atoms with Crippen LogP contribution in [0, 0.1) is 5.92 Å². The molecule has 0 aliphatic carbocycles. The summed E-state index contributed by atoms with van der Waals surface area (Å²) in [6.07, 6.45) is 0. The van der Waals surface area contributed by atoms with Crippen LogP contribution >= 0.6 is 0 Å². The zero-order chi connectivity index (χ0) is 18.0. The minimum Gasteiger partial charge on any atom is -0.494 e. The molecule has 0 unspecified atom stereocenters. The van der Waals surface area contributed by atoms with Crippen LogP contribution in [-0.4, -0.2) is 68.0 Å². The van der Waals surface area contributed by atoms with Crippen molar-refractivity contribution in [3.8, 4) is 5.75 Å². The van der Waals surface area contributed by atoms with E-state index in [0.29, 0.717) is 18.3 Å². The van der Waals surface area contributed by atoms with Gasteiger partial charge in [0, 0.05) is 43.8 Å². The lowest BCUT2D eigenvalue weighted by Gasteiger charge is -2.44. The Labute approximate surface area is 151 Å². The highest BCUT2D eigenvalue weighted by atomic mass is 32.2. The molecule has 2 aliphatic heterocycles. The molecule has 0 spiro atoms. The molecule has 0 aromatic heterocycles. The van der Waals surface area contributed by atoms with Crippen molar-refractivity contribution in [1.29, 1.82) is 0 Å². The maximum atomic E-state index is 12.3. The number of rotatable bonds is 6. The van der Waals surface area contributed by atoms with Crippen LogP contribution in [0.4, 0.5) is 0 Å². The molecule has 0 N–H and O–H groups in total. The lowest BCUT2D eigenvalue weighted by Crippen LogP contribution is -2.59. The van der Waals surface area contributed by atoms with Gasteiger partial charge in [0.25, 0.3) is 0 Å². The van der Waals surface area contributed by atoms with E-state index in [9.17, 15) is 8.42 Å². The number of nitrogens with zero attached hydrogens (tertiary/aromatic N) is 2. The molecule has 25 heavy (non-hydrogen) atoms. The van der Waals surface area contributed by atoms with Crippen LogP contribution < -0.4 is 4.74 Å². The number of hydrogen-bond acceptors (Lipinski definition) is 5. The van der Waals surface area contributed by atoms with Crippen LogP contribution in [-0.2, 0) is 16.4 Å². The van der Waals surface area contributed by atoms with Crippen LogP contribution in [0.15, 0.2) is 24.3 Å². The van der Waals surface area contributed by atoms with Crippen LogP contribution in [0.25, 0.3) is 0 Å². The third-order valence-corrected chi connectivity index (χ3v) is 6.85. The molecule has 0 amide bonds. The van der Waals surface area contributed by atoms with Crippen molar-refractivity contribution < 1.29 is 13.2 Å². The van der Waals surface area contributed by atoms with Gasteiger partial charge in [-0.05, 0) is 18.9 Å². The van der Waals surface area contributed by atoms with Gasteiger partial charge in [0.1, 0.15) is 5.75 Å². The number of para-hydroxylation sites is 1. The Morgan fingerprint density at radius 1 is 1.12 bits per heavy atom. The maximum Gasteiger partial charge on any atom is 0.153 e. The van der Waals surface area contributed by atoms with Crippen LogP contribution in [0.5, 0.6) is 5.75 Å². The molecule has 0 saturated carbocycles. The fraction of sp³-hybridized carbons (Fsp3) is 0.684. The van der Waals surface area contributed by atoms with Crippen LogP contribution in [0.2, 0.25) is 0 Å². The van der Waals surface area contributed by atoms with E-state index < -0.39 is 9.84 Å². The molecule has 0 radical (unpaired) electrons. The van der Waals surface area contributed by atoms with Crippen LogP contribution in [0.1, 0.15) is 26.3 Å². The highest BCUT2D eigenvalue weighted by Crippen LogP contribution is 2.30. The molecule has 2 saturated heterocycles. The fourth-order valence-electron chi connectivity index (χ4n) is 4.14. The topological polar surface area (TPSA) is 49.9 Å². The SMILES string of the molecule is CCOc1ccccc1CN1CCN(CC(C)C)[C@@H]2CS(=O)(=O)C[C@@H]21. The maximum absolute atomic E-state index is 12.3. The van der Waals surface area contributed by atoms with Gasteiger partial charge in [0.2, 0.25) is 0 Å². The molecule has 2 atom stereocenters. The summed E-state index contributed by atoms with van der Waals surface area (Å²) in [6.45, 7) is 10.6. The molecular formula is C19H30N2O3S. The highest BCUT2D eigenvalue weighted by Gasteiger charge is 2.46. The zero-order valence-electron chi connectivity index (χ0n) is 15.5. The third kappa shape index (κ3) is 4.36. The predicted octanol–water partition coefficient (Wildman–Crippen LogP) is 2.02. The van der Waals surface area contributed by atoms with E-state index in [2.05, 4.69) is 29.7 Å². The molecular weight excluding hydrogens is 336 g/mol. The first-order valence-electron chi connectivity index (χ1n) is 9.29. The lowest BCUT2D eigenvalue weighted by molar-refractivity contribution is 0.0333. The van der Waals surface area contributed by atoms with E-state index in [4.69, 9.17) is 4.74 Å². The molecule has 140 valence electrons. The Balaban J connectivity index is 1.79. The minimum atomic E-state index is -2.96. The number of ether oxygens (including phenoxy) is 1. The van der Waals surface area contributed by atoms with Gasteiger partial charge in [-0.2, -0.15) is 0 Å². The lowest BCUT2D eigenvalue weighted by atomic mass is 10.0. The van der Waals surface area contributed by atoms with Gasteiger partial charge >= 0.3 is 0 Å². The normalized spacial score (nSPS) is 26.7. The van der Waals surface area contributed by atoms with Gasteiger partial charge < -0.3 is 4.74 Å². The Bertz CT molecular complexity index is 690. The smallest absolute Gasteiger partial charge is 0.153 e. The zero-order valence-corrected chi connectivity index (χ0v) is 16.3. The number of piperazine rings is 1. The average molecular weight is 367 g/mol. The summed E-state index contributed by atoms with van der Waals surface area (Å²) in [5.41, 5.74) is 1.14. The van der Waals surface area contributed by atoms with Crippen molar-refractivity contribution >= 4 is 9.84 Å². The number of fused-ring (bicyclic) bond motifs is 1. The first-order chi connectivity index (χ1) is 11.9.